The van der Waals surface area contributed by atoms with Crippen LogP contribution in [0.3, 0.4) is 0 Å². The van der Waals surface area contributed by atoms with Crippen molar-refractivity contribution in [3.05, 3.63) is 0 Å². The first-order valence-electron chi connectivity index (χ1n) is 12.2. The van der Waals surface area contributed by atoms with Gasteiger partial charge in [0.05, 0.1) is 25.9 Å². The molecule has 2 unspecified atom stereocenters. The molecule has 0 amide bonds. The molecule has 0 rings (SSSR count). The summed E-state index contributed by atoms with van der Waals surface area (Å²) < 4.78 is 40.3. The molecule has 0 spiro atoms. The van der Waals surface area contributed by atoms with Crippen LogP contribution in [0.1, 0.15) is 47.5 Å². The fraction of sp³-hybridized carbons (Fsp3) is 1.00. The van der Waals surface area contributed by atoms with Gasteiger partial charge in [0.15, 0.2) is 0 Å². The van der Waals surface area contributed by atoms with Crippen LogP contribution >= 0.6 is 0 Å². The van der Waals surface area contributed by atoms with Gasteiger partial charge in [-0.2, -0.15) is 0 Å². The molecule has 0 saturated heterocycles. The van der Waals surface area contributed by atoms with Gasteiger partial charge >= 0.3 is 17.1 Å². The number of hydrogen-bond acceptors (Lipinski definition) is 8. The minimum atomic E-state index is -2.09. The van der Waals surface area contributed by atoms with E-state index < -0.39 is 23.2 Å². The van der Waals surface area contributed by atoms with E-state index in [1.165, 1.54) is 0 Å². The Hall–Kier alpha value is 0.114. The van der Waals surface area contributed by atoms with E-state index in [2.05, 4.69) is 13.1 Å². The second-order valence-electron chi connectivity index (χ2n) is 8.15. The van der Waals surface area contributed by atoms with E-state index in [4.69, 9.17) is 31.9 Å². The van der Waals surface area contributed by atoms with Gasteiger partial charge in [-0.25, -0.2) is 0 Å². The first-order chi connectivity index (χ1) is 15.2. The van der Waals surface area contributed by atoms with Crippen molar-refractivity contribution in [3.63, 3.8) is 0 Å². The van der Waals surface area contributed by atoms with Gasteiger partial charge in [0.1, 0.15) is 6.10 Å². The zero-order valence-corrected chi connectivity index (χ0v) is 23.7. The maximum Gasteiger partial charge on any atom is 0.334 e. The van der Waals surface area contributed by atoms with Gasteiger partial charge in [-0.3, -0.25) is 0 Å². The molecule has 0 aliphatic heterocycles. The van der Waals surface area contributed by atoms with Crippen LogP contribution in [0, 0.1) is 0 Å². The summed E-state index contributed by atoms with van der Waals surface area (Å²) in [6, 6.07) is 1.79. The van der Waals surface area contributed by atoms with Crippen molar-refractivity contribution in [3.8, 4) is 0 Å². The molecule has 1 N–H and O–H groups in total. The summed E-state index contributed by atoms with van der Waals surface area (Å²) in [5.41, 5.74) is 0. The van der Waals surface area contributed by atoms with Gasteiger partial charge in [0.25, 0.3) is 0 Å². The van der Waals surface area contributed by atoms with Crippen molar-refractivity contribution >= 4 is 17.1 Å². The maximum absolute atomic E-state index is 10.1. The highest BCUT2D eigenvalue weighted by molar-refractivity contribution is 6.66. The Morgan fingerprint density at radius 3 is 1.47 bits per heavy atom. The van der Waals surface area contributed by atoms with E-state index in [0.717, 1.165) is 24.9 Å². The molecule has 0 fully saturated rings. The summed E-state index contributed by atoms with van der Waals surface area (Å²) >= 11 is 0. The third kappa shape index (κ3) is 16.7. The summed E-state index contributed by atoms with van der Waals surface area (Å²) in [5, 5.41) is 10.1. The summed E-state index contributed by atoms with van der Waals surface area (Å²) in [7, 11) is -4.15. The summed E-state index contributed by atoms with van der Waals surface area (Å²) in [6.45, 7) is 19.0. The Morgan fingerprint density at radius 2 is 1.06 bits per heavy atom. The predicted molar refractivity (Wildman–Crippen MR) is 132 cm³/mol. The zero-order valence-electron chi connectivity index (χ0n) is 21.7. The number of aliphatic hydroxyl groups is 1. The second kappa shape index (κ2) is 19.4. The fourth-order valence-corrected chi connectivity index (χ4v) is 8.18. The number of hydrogen-bond donors (Lipinski definition) is 1. The molecule has 0 heterocycles. The highest BCUT2D eigenvalue weighted by Crippen LogP contribution is 2.17. The quantitative estimate of drug-likeness (QED) is 0.168. The van der Waals surface area contributed by atoms with E-state index in [-0.39, 0.29) is 19.3 Å². The molecule has 0 radical (unpaired) electrons. The topological polar surface area (TPSA) is 84.8 Å². The average molecular weight is 499 g/mol. The molecule has 32 heavy (non-hydrogen) atoms. The molecule has 8 nitrogen and oxygen atoms in total. The lowest BCUT2D eigenvalue weighted by Crippen LogP contribution is -2.39. The monoisotopic (exact) mass is 498 g/mol. The van der Waals surface area contributed by atoms with E-state index in [0.29, 0.717) is 46.2 Å². The van der Waals surface area contributed by atoms with Gasteiger partial charge in [0.2, 0.25) is 0 Å². The van der Waals surface area contributed by atoms with Gasteiger partial charge in [-0.1, -0.05) is 0 Å². The molecule has 194 valence electrons. The van der Waals surface area contributed by atoms with Gasteiger partial charge in [-0.05, 0) is 72.6 Å². The predicted octanol–water partition coefficient (Wildman–Crippen LogP) is 3.86. The molecular formula is C22H50O8Si2. The minimum absolute atomic E-state index is 0.0869. The van der Waals surface area contributed by atoms with Crippen LogP contribution in [0.25, 0.3) is 0 Å². The average Bonchev–Trinajstić information content (AvgIpc) is 2.72. The third-order valence-corrected chi connectivity index (χ3v) is 11.0. The van der Waals surface area contributed by atoms with E-state index in [1.807, 2.05) is 34.6 Å². The first kappa shape index (κ1) is 32.1. The van der Waals surface area contributed by atoms with Crippen LogP contribution in [0.4, 0.5) is 0 Å². The van der Waals surface area contributed by atoms with Gasteiger partial charge < -0.3 is 37.0 Å². The highest BCUT2D eigenvalue weighted by Gasteiger charge is 2.30. The van der Waals surface area contributed by atoms with E-state index in [9.17, 15) is 5.11 Å². The van der Waals surface area contributed by atoms with Crippen molar-refractivity contribution in [2.24, 2.45) is 0 Å². The van der Waals surface area contributed by atoms with Crippen LogP contribution in [0.5, 0.6) is 0 Å². The molecule has 0 aliphatic rings. The van der Waals surface area contributed by atoms with E-state index >= 15 is 0 Å². The van der Waals surface area contributed by atoms with Gasteiger partial charge in [0, 0.05) is 39.6 Å². The van der Waals surface area contributed by atoms with Crippen molar-refractivity contribution in [2.45, 2.75) is 84.9 Å². The Balaban J connectivity index is 3.82. The number of ether oxygens (including phenoxy) is 3. The first-order valence-corrected chi connectivity index (χ1v) is 17.3. The molecule has 0 bridgehead atoms. The maximum atomic E-state index is 10.1. The van der Waals surface area contributed by atoms with Crippen LogP contribution in [-0.2, 0) is 31.9 Å². The SMILES string of the molecule is CCO[Si](C)(CCCOCC(O)COC(C)COCCC[Si](C)(OCC)OCC)OCC. The largest absolute Gasteiger partial charge is 0.395 e. The van der Waals surface area contributed by atoms with Crippen molar-refractivity contribution in [2.75, 3.05) is 59.5 Å². The van der Waals surface area contributed by atoms with E-state index in [1.54, 1.807) is 0 Å². The fourth-order valence-electron chi connectivity index (χ4n) is 3.42. The molecular weight excluding hydrogens is 448 g/mol. The lowest BCUT2D eigenvalue weighted by Gasteiger charge is -2.26. The van der Waals surface area contributed by atoms with Crippen molar-refractivity contribution < 1.29 is 37.0 Å². The number of aliphatic hydroxyl groups excluding tert-OH is 1. The number of rotatable bonds is 23. The van der Waals surface area contributed by atoms with Crippen LogP contribution in [0.15, 0.2) is 0 Å². The Bertz CT molecular complexity index is 381. The van der Waals surface area contributed by atoms with Crippen molar-refractivity contribution in [1.29, 1.82) is 0 Å². The third-order valence-electron chi connectivity index (χ3n) is 4.87. The molecule has 0 aliphatic carbocycles. The lowest BCUT2D eigenvalue weighted by molar-refractivity contribution is -0.0619. The van der Waals surface area contributed by atoms with Gasteiger partial charge in [-0.15, -0.1) is 0 Å². The molecule has 0 aromatic rings. The summed E-state index contributed by atoms with van der Waals surface area (Å²) in [5.74, 6) is 0. The highest BCUT2D eigenvalue weighted by atomic mass is 28.4. The summed E-state index contributed by atoms with van der Waals surface area (Å²) in [6.07, 6.45) is 1.02. The van der Waals surface area contributed by atoms with Crippen LogP contribution < -0.4 is 0 Å². The van der Waals surface area contributed by atoms with Crippen LogP contribution in [-0.4, -0.2) is 93.9 Å². The minimum Gasteiger partial charge on any atom is -0.395 e. The Morgan fingerprint density at radius 1 is 0.656 bits per heavy atom. The Labute approximate surface area is 198 Å². The molecule has 0 aromatic heterocycles. The van der Waals surface area contributed by atoms with Crippen molar-refractivity contribution in [1.82, 2.24) is 0 Å². The summed E-state index contributed by atoms with van der Waals surface area (Å²) in [4.78, 5) is 0. The standard InChI is InChI=1S/C22H50O8Si2/c1-8-27-31(6,28-9-2)16-12-14-24-18-21(5)26-20-22(23)19-25-15-13-17-32(7,29-10-3)30-11-4/h21-23H,8-20H2,1-7H3. The zero-order chi connectivity index (χ0) is 24.3. The second-order valence-corrected chi connectivity index (χ2v) is 14.8. The lowest BCUT2D eigenvalue weighted by atomic mass is 10.4. The molecule has 0 aromatic carbocycles. The normalized spacial score (nSPS) is 14.6. The molecule has 10 heteroatoms. The smallest absolute Gasteiger partial charge is 0.334 e. The van der Waals surface area contributed by atoms with Crippen LogP contribution in [0.2, 0.25) is 25.2 Å². The molecule has 0 saturated carbocycles. The Kier molecular flexibility index (Phi) is 19.5. The molecule has 2 atom stereocenters.